The summed E-state index contributed by atoms with van der Waals surface area (Å²) in [5.74, 6) is -1.22. The summed E-state index contributed by atoms with van der Waals surface area (Å²) in [6.45, 7) is 1.96. The summed E-state index contributed by atoms with van der Waals surface area (Å²) in [5, 5.41) is 16.1. The van der Waals surface area contributed by atoms with Crippen molar-refractivity contribution in [2.24, 2.45) is 0 Å². The summed E-state index contributed by atoms with van der Waals surface area (Å²) in [6, 6.07) is 10.8. The Bertz CT molecular complexity index is 717. The zero-order valence-electron chi connectivity index (χ0n) is 12.5. The highest BCUT2D eigenvalue weighted by Crippen LogP contribution is 2.21. The molecule has 0 unspecified atom stereocenters. The molecule has 120 valence electrons. The van der Waals surface area contributed by atoms with Crippen molar-refractivity contribution < 1.29 is 14.1 Å². The predicted octanol–water partition coefficient (Wildman–Crippen LogP) is 3.35. The number of amides is 1. The second kappa shape index (κ2) is 7.35. The first kappa shape index (κ1) is 16.4. The number of halogens is 1. The molecule has 7 heteroatoms. The van der Waals surface area contributed by atoms with E-state index in [9.17, 15) is 19.3 Å². The van der Waals surface area contributed by atoms with Crippen molar-refractivity contribution >= 4 is 23.0 Å². The highest BCUT2D eigenvalue weighted by atomic mass is 19.1. The van der Waals surface area contributed by atoms with E-state index < -0.39 is 16.4 Å². The first-order chi connectivity index (χ1) is 11.0. The number of nitrogens with zero attached hydrogens (tertiary/aromatic N) is 1. The summed E-state index contributed by atoms with van der Waals surface area (Å²) in [7, 11) is 0. The van der Waals surface area contributed by atoms with Gasteiger partial charge >= 0.3 is 5.69 Å². The van der Waals surface area contributed by atoms with Crippen molar-refractivity contribution in [3.63, 3.8) is 0 Å². The van der Waals surface area contributed by atoms with Crippen molar-refractivity contribution in [2.45, 2.75) is 13.3 Å². The third kappa shape index (κ3) is 4.50. The van der Waals surface area contributed by atoms with Gasteiger partial charge < -0.3 is 10.6 Å². The van der Waals surface area contributed by atoms with E-state index in [1.165, 1.54) is 11.6 Å². The average molecular weight is 317 g/mol. The minimum Gasteiger partial charge on any atom is -0.376 e. The molecule has 0 heterocycles. The minimum atomic E-state index is -0.916. The lowest BCUT2D eigenvalue weighted by Crippen LogP contribution is -2.21. The molecule has 2 rings (SSSR count). The molecular formula is C16H16FN3O3. The third-order valence-corrected chi connectivity index (χ3v) is 3.24. The van der Waals surface area contributed by atoms with Crippen LogP contribution in [0.2, 0.25) is 0 Å². The van der Waals surface area contributed by atoms with Crippen LogP contribution in [0.4, 0.5) is 21.5 Å². The van der Waals surface area contributed by atoms with Gasteiger partial charge in [0.1, 0.15) is 0 Å². The maximum atomic E-state index is 13.2. The number of carbonyl (C=O) groups is 1. The van der Waals surface area contributed by atoms with Crippen LogP contribution in [0, 0.1) is 15.9 Å². The predicted molar refractivity (Wildman–Crippen MR) is 86.0 cm³/mol. The Morgan fingerprint density at radius 1 is 1.17 bits per heavy atom. The molecule has 0 saturated heterocycles. The van der Waals surface area contributed by atoms with Gasteiger partial charge in [-0.2, -0.15) is 4.39 Å². The topological polar surface area (TPSA) is 84.3 Å². The van der Waals surface area contributed by atoms with Gasteiger partial charge in [-0.05, 0) is 36.2 Å². The Morgan fingerprint density at radius 2 is 1.83 bits per heavy atom. The number of aryl methyl sites for hydroxylation is 1. The molecule has 0 aliphatic rings. The van der Waals surface area contributed by atoms with Crippen LogP contribution in [-0.2, 0) is 11.2 Å². The van der Waals surface area contributed by atoms with E-state index in [-0.39, 0.29) is 12.5 Å². The molecule has 1 amide bonds. The Balaban J connectivity index is 1.93. The largest absolute Gasteiger partial charge is 0.376 e. The van der Waals surface area contributed by atoms with E-state index >= 15 is 0 Å². The van der Waals surface area contributed by atoms with Crippen molar-refractivity contribution in [1.29, 1.82) is 0 Å². The molecule has 0 aliphatic heterocycles. The number of nitrogens with one attached hydrogen (secondary N) is 2. The summed E-state index contributed by atoms with van der Waals surface area (Å²) >= 11 is 0. The van der Waals surface area contributed by atoms with Gasteiger partial charge in [0.2, 0.25) is 11.7 Å². The average Bonchev–Trinajstić information content (AvgIpc) is 2.54. The zero-order chi connectivity index (χ0) is 16.8. The van der Waals surface area contributed by atoms with Crippen LogP contribution in [0.15, 0.2) is 42.5 Å². The number of hydrogen-bond donors (Lipinski definition) is 2. The number of carbonyl (C=O) groups excluding carboxylic acids is 1. The molecule has 23 heavy (non-hydrogen) atoms. The van der Waals surface area contributed by atoms with E-state index in [1.54, 1.807) is 12.1 Å². The zero-order valence-corrected chi connectivity index (χ0v) is 12.5. The lowest BCUT2D eigenvalue weighted by molar-refractivity contribution is -0.387. The van der Waals surface area contributed by atoms with Gasteiger partial charge in [0.15, 0.2) is 0 Å². The van der Waals surface area contributed by atoms with Crippen molar-refractivity contribution in [3.8, 4) is 0 Å². The van der Waals surface area contributed by atoms with Crippen LogP contribution in [0.3, 0.4) is 0 Å². The standard InChI is InChI=1S/C16H16FN3O3/c1-2-11-3-5-12(6-4-11)19-16(21)10-18-13-7-8-14(17)15(9-13)20(22)23/h3-9,18H,2,10H2,1H3,(H,19,21). The quantitative estimate of drug-likeness (QED) is 0.632. The van der Waals surface area contributed by atoms with Gasteiger partial charge in [0.25, 0.3) is 0 Å². The molecule has 0 bridgehead atoms. The van der Waals surface area contributed by atoms with E-state index in [4.69, 9.17) is 0 Å². The van der Waals surface area contributed by atoms with Crippen molar-refractivity contribution in [3.05, 3.63) is 64.0 Å². The van der Waals surface area contributed by atoms with E-state index in [0.29, 0.717) is 11.4 Å². The highest BCUT2D eigenvalue weighted by molar-refractivity contribution is 5.93. The highest BCUT2D eigenvalue weighted by Gasteiger charge is 2.14. The van der Waals surface area contributed by atoms with Crippen LogP contribution < -0.4 is 10.6 Å². The molecule has 0 aliphatic carbocycles. The fourth-order valence-electron chi connectivity index (χ4n) is 1.97. The number of nitro groups is 1. The van der Waals surface area contributed by atoms with E-state index in [0.717, 1.165) is 18.6 Å². The third-order valence-electron chi connectivity index (χ3n) is 3.24. The van der Waals surface area contributed by atoms with Gasteiger partial charge in [-0.3, -0.25) is 14.9 Å². The number of rotatable bonds is 6. The fourth-order valence-corrected chi connectivity index (χ4v) is 1.97. The number of hydrogen-bond acceptors (Lipinski definition) is 4. The molecule has 2 aromatic rings. The second-order valence-electron chi connectivity index (χ2n) is 4.88. The maximum Gasteiger partial charge on any atom is 0.306 e. The van der Waals surface area contributed by atoms with Gasteiger partial charge in [-0.25, -0.2) is 0 Å². The second-order valence-corrected chi connectivity index (χ2v) is 4.88. The van der Waals surface area contributed by atoms with Crippen LogP contribution in [0.1, 0.15) is 12.5 Å². The Kier molecular flexibility index (Phi) is 5.24. The fraction of sp³-hybridized carbons (Fsp3) is 0.188. The molecule has 0 saturated carbocycles. The molecule has 2 aromatic carbocycles. The normalized spacial score (nSPS) is 10.2. The van der Waals surface area contributed by atoms with Crippen LogP contribution in [0.5, 0.6) is 0 Å². The summed E-state index contributed by atoms with van der Waals surface area (Å²) in [6.07, 6.45) is 0.916. The number of anilines is 2. The maximum absolute atomic E-state index is 13.2. The monoisotopic (exact) mass is 317 g/mol. The van der Waals surface area contributed by atoms with Gasteiger partial charge in [-0.1, -0.05) is 19.1 Å². The molecule has 6 nitrogen and oxygen atoms in total. The van der Waals surface area contributed by atoms with Gasteiger partial charge in [0.05, 0.1) is 11.5 Å². The van der Waals surface area contributed by atoms with Gasteiger partial charge in [-0.15, -0.1) is 0 Å². The Morgan fingerprint density at radius 3 is 2.43 bits per heavy atom. The van der Waals surface area contributed by atoms with Crippen LogP contribution >= 0.6 is 0 Å². The first-order valence-electron chi connectivity index (χ1n) is 7.06. The molecule has 0 aromatic heterocycles. The lowest BCUT2D eigenvalue weighted by Gasteiger charge is -2.08. The van der Waals surface area contributed by atoms with Crippen LogP contribution in [-0.4, -0.2) is 17.4 Å². The molecule has 0 fully saturated rings. The van der Waals surface area contributed by atoms with E-state index in [1.807, 2.05) is 19.1 Å². The van der Waals surface area contributed by atoms with Crippen LogP contribution in [0.25, 0.3) is 0 Å². The Hall–Kier alpha value is -2.96. The van der Waals surface area contributed by atoms with E-state index in [2.05, 4.69) is 10.6 Å². The number of nitro benzene ring substituents is 1. The molecule has 0 radical (unpaired) electrons. The van der Waals surface area contributed by atoms with Crippen molar-refractivity contribution in [2.75, 3.05) is 17.2 Å². The first-order valence-corrected chi connectivity index (χ1v) is 7.06. The lowest BCUT2D eigenvalue weighted by atomic mass is 10.1. The number of benzene rings is 2. The minimum absolute atomic E-state index is 0.0850. The molecule has 2 N–H and O–H groups in total. The van der Waals surface area contributed by atoms with Gasteiger partial charge in [0, 0.05) is 17.4 Å². The molecule has 0 spiro atoms. The Labute approximate surface area is 132 Å². The summed E-state index contributed by atoms with van der Waals surface area (Å²) in [4.78, 5) is 21.7. The summed E-state index contributed by atoms with van der Waals surface area (Å²) in [5.41, 5.74) is 1.50. The molecule has 0 atom stereocenters. The molecular weight excluding hydrogens is 301 g/mol. The summed E-state index contributed by atoms with van der Waals surface area (Å²) < 4.78 is 13.2. The smallest absolute Gasteiger partial charge is 0.306 e. The van der Waals surface area contributed by atoms with Crippen molar-refractivity contribution in [1.82, 2.24) is 0 Å². The SMILES string of the molecule is CCc1ccc(NC(=O)CNc2ccc(F)c([N+](=O)[O-])c2)cc1.